The Balaban J connectivity index is 3.12. The van der Waals surface area contributed by atoms with Gasteiger partial charge in [-0.15, -0.1) is 8.19 Å². The molecule has 0 aromatic carbocycles. The third-order valence-corrected chi connectivity index (χ3v) is 2.67. The van der Waals surface area contributed by atoms with Crippen LogP contribution in [0.3, 0.4) is 0 Å². The van der Waals surface area contributed by atoms with Gasteiger partial charge < -0.3 is 0 Å². The number of hydrogen-bond donors (Lipinski definition) is 0. The predicted octanol–water partition coefficient (Wildman–Crippen LogP) is 2.06. The lowest BCUT2D eigenvalue weighted by Crippen LogP contribution is -1.80. The van der Waals surface area contributed by atoms with E-state index >= 15 is 0 Å². The van der Waals surface area contributed by atoms with E-state index in [9.17, 15) is 0 Å². The van der Waals surface area contributed by atoms with Crippen LogP contribution in [0.25, 0.3) is 0 Å². The first kappa shape index (κ1) is 5.35. The van der Waals surface area contributed by atoms with Gasteiger partial charge >= 0.3 is 0 Å². The molecule has 1 heterocycles. The molecule has 1 unspecified atom stereocenters. The fourth-order valence-corrected chi connectivity index (χ4v) is 1.54. The van der Waals surface area contributed by atoms with E-state index in [4.69, 9.17) is 0 Å². The van der Waals surface area contributed by atoms with E-state index in [-0.39, 0.29) is 0 Å². The van der Waals surface area contributed by atoms with Crippen molar-refractivity contribution in [3.8, 4) is 0 Å². The lowest BCUT2D eigenvalue weighted by molar-refractivity contribution is 1.59. The summed E-state index contributed by atoms with van der Waals surface area (Å²) >= 11 is 0. The molecule has 1 rings (SSSR count). The van der Waals surface area contributed by atoms with Gasteiger partial charge in [0.2, 0.25) is 0 Å². The van der Waals surface area contributed by atoms with Crippen molar-refractivity contribution in [2.24, 2.45) is 0 Å². The normalized spacial score (nSPS) is 10.6. The average molecular weight is 128 g/mol. The zero-order valence-electron chi connectivity index (χ0n) is 4.10. The Morgan fingerprint density at radius 3 is 2.57 bits per heavy atom. The van der Waals surface area contributed by atoms with E-state index in [0.717, 1.165) is 8.19 Å². The summed E-state index contributed by atoms with van der Waals surface area (Å²) in [6.45, 7) is 2.08. The first-order valence-corrected chi connectivity index (χ1v) is 3.66. The minimum absolute atomic E-state index is 0.826. The van der Waals surface area contributed by atoms with Gasteiger partial charge in [-0.3, -0.25) is 0 Å². The third kappa shape index (κ3) is 1.06. The maximum Gasteiger partial charge on any atom is 0.00520 e. The van der Waals surface area contributed by atoms with Gasteiger partial charge in [0.25, 0.3) is 0 Å². The standard InChI is InChI=1S/C5H6P2/c1-4-2-3-7-5(4)6/h2-3,7H,1H3. The number of aryl methyl sites for hydroxylation is 1. The Kier molecular flexibility index (Phi) is 1.52. The Hall–Kier alpha value is 0.210. The highest BCUT2D eigenvalue weighted by Gasteiger charge is 1.87. The minimum Gasteiger partial charge on any atom is -0.131 e. The molecule has 0 bridgehead atoms. The van der Waals surface area contributed by atoms with Crippen LogP contribution in [0, 0.1) is 6.92 Å². The summed E-state index contributed by atoms with van der Waals surface area (Å²) in [5.74, 6) is 2.15. The highest BCUT2D eigenvalue weighted by atomic mass is 31.1. The summed E-state index contributed by atoms with van der Waals surface area (Å²) in [6, 6.07) is 2.11. The molecular formula is C5H6P2. The molecule has 0 amide bonds. The van der Waals surface area contributed by atoms with E-state index in [1.165, 1.54) is 10.6 Å². The molecule has 0 aliphatic heterocycles. The first-order valence-electron chi connectivity index (χ1n) is 2.13. The van der Waals surface area contributed by atoms with Crippen molar-refractivity contribution in [2.45, 2.75) is 6.92 Å². The lowest BCUT2D eigenvalue weighted by Gasteiger charge is -1.79. The quantitative estimate of drug-likeness (QED) is 0.469. The minimum atomic E-state index is 0.826. The maximum absolute atomic E-state index is 4.22. The van der Waals surface area contributed by atoms with Crippen LogP contribution in [0.5, 0.6) is 0 Å². The van der Waals surface area contributed by atoms with Crippen molar-refractivity contribution in [1.29, 1.82) is 0 Å². The van der Waals surface area contributed by atoms with Gasteiger partial charge in [-0.2, -0.15) is 0 Å². The van der Waals surface area contributed by atoms with Gasteiger partial charge in [-0.1, -0.05) is 6.07 Å². The van der Waals surface area contributed by atoms with Crippen LogP contribution in [0.1, 0.15) is 5.56 Å². The summed E-state index contributed by atoms with van der Waals surface area (Å²) in [4.78, 5) is 0. The highest BCUT2D eigenvalue weighted by Crippen LogP contribution is 2.09. The van der Waals surface area contributed by atoms with Crippen LogP contribution < -0.4 is 5.04 Å². The van der Waals surface area contributed by atoms with Crippen LogP contribution in [-0.4, -0.2) is 0 Å². The van der Waals surface area contributed by atoms with Gasteiger partial charge in [-0.05, 0) is 27.5 Å². The van der Waals surface area contributed by atoms with Crippen molar-refractivity contribution >= 4 is 22.5 Å². The molecule has 1 aromatic rings. The number of hydrogen-bond acceptors (Lipinski definition) is 0. The second kappa shape index (κ2) is 1.99. The van der Waals surface area contributed by atoms with E-state index in [0.29, 0.717) is 0 Å². The molecule has 0 nitrogen and oxygen atoms in total. The Bertz CT molecular complexity index is 138. The Morgan fingerprint density at radius 1 is 1.71 bits per heavy atom. The van der Waals surface area contributed by atoms with Gasteiger partial charge in [0, 0.05) is 5.04 Å². The third-order valence-electron chi connectivity index (χ3n) is 0.927. The molecule has 36 valence electrons. The van der Waals surface area contributed by atoms with Gasteiger partial charge in [0.15, 0.2) is 0 Å². The molecule has 0 aliphatic carbocycles. The molecule has 0 N–H and O–H groups in total. The van der Waals surface area contributed by atoms with Crippen molar-refractivity contribution < 1.29 is 0 Å². The van der Waals surface area contributed by atoms with Crippen molar-refractivity contribution in [3.63, 3.8) is 0 Å². The molecule has 0 fully saturated rings. The van der Waals surface area contributed by atoms with Crippen LogP contribution >= 0.6 is 17.4 Å². The summed E-state index contributed by atoms with van der Waals surface area (Å²) in [5, 5.41) is 1.24. The SMILES string of the molecule is Cc1cc[pH]c1[P]. The molecule has 1 atom stereocenters. The molecule has 7 heavy (non-hydrogen) atoms. The van der Waals surface area contributed by atoms with Gasteiger partial charge in [0.05, 0.1) is 0 Å². The van der Waals surface area contributed by atoms with E-state index in [2.05, 4.69) is 28.0 Å². The maximum atomic E-state index is 4.22. The Morgan fingerprint density at radius 2 is 2.43 bits per heavy atom. The average Bonchev–Trinajstić information content (AvgIpc) is 1.91. The van der Waals surface area contributed by atoms with E-state index < -0.39 is 0 Å². The molecule has 0 saturated heterocycles. The molecule has 0 aliphatic rings. The fourth-order valence-electron chi connectivity index (χ4n) is 0.438. The van der Waals surface area contributed by atoms with Gasteiger partial charge in [-0.25, -0.2) is 0 Å². The van der Waals surface area contributed by atoms with Crippen LogP contribution in [0.15, 0.2) is 11.9 Å². The van der Waals surface area contributed by atoms with Gasteiger partial charge in [0.1, 0.15) is 0 Å². The molecule has 2 radical (unpaired) electrons. The van der Waals surface area contributed by atoms with Crippen LogP contribution in [0.2, 0.25) is 0 Å². The molecule has 2 heteroatoms. The molecule has 0 saturated carbocycles. The topological polar surface area (TPSA) is 0 Å². The summed E-state index contributed by atoms with van der Waals surface area (Å²) < 4.78 is 0. The zero-order chi connectivity index (χ0) is 5.28. The van der Waals surface area contributed by atoms with Crippen molar-refractivity contribution in [2.75, 3.05) is 0 Å². The Labute approximate surface area is 47.6 Å². The molecular weight excluding hydrogens is 122 g/mol. The molecule has 1 aromatic heterocycles. The van der Waals surface area contributed by atoms with Crippen molar-refractivity contribution in [3.05, 3.63) is 17.4 Å². The van der Waals surface area contributed by atoms with Crippen LogP contribution in [0.4, 0.5) is 0 Å². The van der Waals surface area contributed by atoms with E-state index in [1.54, 1.807) is 0 Å². The van der Waals surface area contributed by atoms with E-state index in [1.807, 2.05) is 0 Å². The van der Waals surface area contributed by atoms with Crippen LogP contribution in [-0.2, 0) is 0 Å². The monoisotopic (exact) mass is 128 g/mol. The second-order valence-corrected chi connectivity index (χ2v) is 3.50. The largest absolute Gasteiger partial charge is 0.131 e. The zero-order valence-corrected chi connectivity index (χ0v) is 6.00. The lowest BCUT2D eigenvalue weighted by atomic mass is 10.4. The fraction of sp³-hybridized carbons (Fsp3) is 0.200. The summed E-state index contributed by atoms with van der Waals surface area (Å²) in [6.07, 6.45) is 0. The number of rotatable bonds is 0. The summed E-state index contributed by atoms with van der Waals surface area (Å²) in [7, 11) is 5.04. The van der Waals surface area contributed by atoms with Crippen molar-refractivity contribution in [1.82, 2.24) is 0 Å². The molecule has 0 spiro atoms. The second-order valence-electron chi connectivity index (χ2n) is 1.51. The smallest absolute Gasteiger partial charge is 0.00520 e. The highest BCUT2D eigenvalue weighted by molar-refractivity contribution is 7.51. The summed E-state index contributed by atoms with van der Waals surface area (Å²) in [5.41, 5.74) is 1.32. The first-order chi connectivity index (χ1) is 3.30. The predicted molar refractivity (Wildman–Crippen MR) is 37.2 cm³/mol.